The Morgan fingerprint density at radius 3 is 2.94 bits per heavy atom. The molecule has 1 aliphatic heterocycles. The van der Waals surface area contributed by atoms with Gasteiger partial charge in [-0.25, -0.2) is 0 Å². The number of nitrogens with zero attached hydrogens (tertiary/aromatic N) is 1. The summed E-state index contributed by atoms with van der Waals surface area (Å²) >= 11 is 6.07. The molecule has 0 bridgehead atoms. The molecule has 1 N–H and O–H groups in total. The maximum absolute atomic E-state index is 8.79. The molecule has 1 aliphatic rings. The summed E-state index contributed by atoms with van der Waals surface area (Å²) in [5, 5.41) is 9.62. The minimum Gasteiger partial charge on any atom is -0.396 e. The Hall–Kier alpha value is -0.570. The van der Waals surface area contributed by atoms with Crippen molar-refractivity contribution in [3.8, 4) is 0 Å². The van der Waals surface area contributed by atoms with Crippen LogP contribution in [0, 0.1) is 0 Å². The van der Waals surface area contributed by atoms with Gasteiger partial charge in [-0.05, 0) is 62.9 Å². The summed E-state index contributed by atoms with van der Waals surface area (Å²) in [7, 11) is 0. The van der Waals surface area contributed by atoms with Crippen LogP contribution in [0.1, 0.15) is 43.7 Å². The van der Waals surface area contributed by atoms with Crippen LogP contribution in [0.2, 0.25) is 5.02 Å². The van der Waals surface area contributed by atoms with Gasteiger partial charge in [0.2, 0.25) is 0 Å². The SMILES string of the molecule is OCCCCCN1CCCC1c1cccc(Cl)c1. The molecule has 1 unspecified atom stereocenters. The predicted octanol–water partition coefficient (Wildman–Crippen LogP) is 3.64. The zero-order valence-corrected chi connectivity index (χ0v) is 11.6. The summed E-state index contributed by atoms with van der Waals surface area (Å²) in [6.45, 7) is 2.64. The number of likely N-dealkylation sites (tertiary alicyclic amines) is 1. The highest BCUT2D eigenvalue weighted by Gasteiger charge is 2.25. The molecule has 0 aromatic heterocycles. The smallest absolute Gasteiger partial charge is 0.0431 e. The van der Waals surface area contributed by atoms with Crippen LogP contribution in [-0.4, -0.2) is 29.7 Å². The van der Waals surface area contributed by atoms with Crippen molar-refractivity contribution in [1.82, 2.24) is 4.90 Å². The molecule has 0 saturated carbocycles. The van der Waals surface area contributed by atoms with Crippen LogP contribution < -0.4 is 0 Å². The van der Waals surface area contributed by atoms with E-state index >= 15 is 0 Å². The molecule has 0 spiro atoms. The molecule has 0 radical (unpaired) electrons. The van der Waals surface area contributed by atoms with Gasteiger partial charge in [0.1, 0.15) is 0 Å². The molecule has 1 heterocycles. The quantitative estimate of drug-likeness (QED) is 0.796. The molecule has 1 saturated heterocycles. The second kappa shape index (κ2) is 7.13. The summed E-state index contributed by atoms with van der Waals surface area (Å²) < 4.78 is 0. The molecular weight excluding hydrogens is 246 g/mol. The van der Waals surface area contributed by atoms with E-state index in [1.807, 2.05) is 12.1 Å². The van der Waals surface area contributed by atoms with Crippen molar-refractivity contribution in [3.05, 3.63) is 34.9 Å². The Kier molecular flexibility index (Phi) is 5.48. The zero-order valence-electron chi connectivity index (χ0n) is 10.8. The molecule has 100 valence electrons. The minimum atomic E-state index is 0.317. The maximum atomic E-state index is 8.79. The first-order chi connectivity index (χ1) is 8.81. The molecule has 1 fully saturated rings. The first-order valence-corrected chi connectivity index (χ1v) is 7.29. The van der Waals surface area contributed by atoms with Crippen molar-refractivity contribution in [3.63, 3.8) is 0 Å². The van der Waals surface area contributed by atoms with Gasteiger partial charge in [-0.1, -0.05) is 23.7 Å². The third-order valence-corrected chi connectivity index (χ3v) is 3.94. The standard InChI is InChI=1S/C15H22ClNO/c16-14-7-4-6-13(12-14)15-8-5-10-17(15)9-2-1-3-11-18/h4,6-7,12,15,18H,1-3,5,8-11H2. The lowest BCUT2D eigenvalue weighted by molar-refractivity contribution is 0.241. The van der Waals surface area contributed by atoms with Crippen LogP contribution in [0.3, 0.4) is 0 Å². The third-order valence-electron chi connectivity index (χ3n) is 3.70. The molecule has 2 rings (SSSR count). The summed E-state index contributed by atoms with van der Waals surface area (Å²) in [6.07, 6.45) is 5.74. The summed E-state index contributed by atoms with van der Waals surface area (Å²) in [6, 6.07) is 8.80. The Morgan fingerprint density at radius 2 is 2.17 bits per heavy atom. The Labute approximate surface area is 115 Å². The van der Waals surface area contributed by atoms with Crippen molar-refractivity contribution in [2.45, 2.75) is 38.1 Å². The lowest BCUT2D eigenvalue weighted by atomic mass is 10.0. The average Bonchev–Trinajstić information content (AvgIpc) is 2.83. The maximum Gasteiger partial charge on any atom is 0.0431 e. The van der Waals surface area contributed by atoms with Crippen LogP contribution >= 0.6 is 11.6 Å². The number of halogens is 1. The summed E-state index contributed by atoms with van der Waals surface area (Å²) in [5.74, 6) is 0. The van der Waals surface area contributed by atoms with Gasteiger partial charge in [-0.15, -0.1) is 0 Å². The first kappa shape index (κ1) is 13.9. The molecule has 1 atom stereocenters. The number of hydrogen-bond acceptors (Lipinski definition) is 2. The highest BCUT2D eigenvalue weighted by Crippen LogP contribution is 2.33. The van der Waals surface area contributed by atoms with Crippen molar-refractivity contribution in [1.29, 1.82) is 0 Å². The van der Waals surface area contributed by atoms with Gasteiger partial charge in [0.15, 0.2) is 0 Å². The molecule has 3 heteroatoms. The van der Waals surface area contributed by atoms with Crippen molar-refractivity contribution < 1.29 is 5.11 Å². The molecule has 18 heavy (non-hydrogen) atoms. The second-order valence-corrected chi connectivity index (χ2v) is 5.47. The van der Waals surface area contributed by atoms with Gasteiger partial charge < -0.3 is 5.11 Å². The third kappa shape index (κ3) is 3.71. The van der Waals surface area contributed by atoms with E-state index in [9.17, 15) is 0 Å². The number of rotatable bonds is 6. The number of aliphatic hydroxyl groups is 1. The monoisotopic (exact) mass is 267 g/mol. The Morgan fingerprint density at radius 1 is 1.28 bits per heavy atom. The van der Waals surface area contributed by atoms with E-state index in [0.717, 1.165) is 24.4 Å². The topological polar surface area (TPSA) is 23.5 Å². The van der Waals surface area contributed by atoms with Crippen LogP contribution in [0.25, 0.3) is 0 Å². The van der Waals surface area contributed by atoms with E-state index in [2.05, 4.69) is 17.0 Å². The number of aliphatic hydroxyl groups excluding tert-OH is 1. The Bertz CT molecular complexity index is 369. The van der Waals surface area contributed by atoms with Gasteiger partial charge in [0.25, 0.3) is 0 Å². The van der Waals surface area contributed by atoms with E-state index in [1.165, 1.54) is 31.4 Å². The fourth-order valence-electron chi connectivity index (χ4n) is 2.79. The van der Waals surface area contributed by atoms with Gasteiger partial charge in [-0.2, -0.15) is 0 Å². The lowest BCUT2D eigenvalue weighted by Crippen LogP contribution is -2.24. The number of benzene rings is 1. The first-order valence-electron chi connectivity index (χ1n) is 6.91. The fourth-order valence-corrected chi connectivity index (χ4v) is 2.99. The van der Waals surface area contributed by atoms with Crippen molar-refractivity contribution >= 4 is 11.6 Å². The van der Waals surface area contributed by atoms with E-state index in [0.29, 0.717) is 12.6 Å². The summed E-state index contributed by atoms with van der Waals surface area (Å²) in [4.78, 5) is 2.56. The normalized spacial score (nSPS) is 20.4. The van der Waals surface area contributed by atoms with Crippen LogP contribution in [-0.2, 0) is 0 Å². The number of unbranched alkanes of at least 4 members (excludes halogenated alkanes) is 2. The highest BCUT2D eigenvalue weighted by molar-refractivity contribution is 6.30. The highest BCUT2D eigenvalue weighted by atomic mass is 35.5. The lowest BCUT2D eigenvalue weighted by Gasteiger charge is -2.24. The van der Waals surface area contributed by atoms with Gasteiger partial charge in [0, 0.05) is 17.7 Å². The molecule has 1 aromatic carbocycles. The van der Waals surface area contributed by atoms with Gasteiger partial charge in [-0.3, -0.25) is 4.90 Å². The molecular formula is C15H22ClNO. The molecule has 0 aliphatic carbocycles. The predicted molar refractivity (Wildman–Crippen MR) is 75.9 cm³/mol. The van der Waals surface area contributed by atoms with E-state index in [1.54, 1.807) is 0 Å². The fraction of sp³-hybridized carbons (Fsp3) is 0.600. The average molecular weight is 268 g/mol. The zero-order chi connectivity index (χ0) is 12.8. The van der Waals surface area contributed by atoms with Crippen LogP contribution in [0.15, 0.2) is 24.3 Å². The largest absolute Gasteiger partial charge is 0.396 e. The second-order valence-electron chi connectivity index (χ2n) is 5.03. The van der Waals surface area contributed by atoms with Gasteiger partial charge >= 0.3 is 0 Å². The molecule has 1 aromatic rings. The van der Waals surface area contributed by atoms with Gasteiger partial charge in [0.05, 0.1) is 0 Å². The minimum absolute atomic E-state index is 0.317. The number of hydrogen-bond donors (Lipinski definition) is 1. The molecule has 2 nitrogen and oxygen atoms in total. The Balaban J connectivity index is 1.91. The van der Waals surface area contributed by atoms with Crippen LogP contribution in [0.4, 0.5) is 0 Å². The van der Waals surface area contributed by atoms with E-state index in [4.69, 9.17) is 16.7 Å². The summed E-state index contributed by atoms with van der Waals surface area (Å²) in [5.41, 5.74) is 1.35. The van der Waals surface area contributed by atoms with Crippen molar-refractivity contribution in [2.24, 2.45) is 0 Å². The van der Waals surface area contributed by atoms with E-state index < -0.39 is 0 Å². The van der Waals surface area contributed by atoms with Crippen LogP contribution in [0.5, 0.6) is 0 Å². The van der Waals surface area contributed by atoms with Crippen molar-refractivity contribution in [2.75, 3.05) is 19.7 Å². The van der Waals surface area contributed by atoms with E-state index in [-0.39, 0.29) is 0 Å². The molecule has 0 amide bonds.